The van der Waals surface area contributed by atoms with E-state index in [1.807, 2.05) is 35.2 Å². The molecule has 192 valence electrons. The number of ketones is 1. The highest BCUT2D eigenvalue weighted by Gasteiger charge is 2.44. The number of Topliss-reactive ketones (excluding diaryl/α,β-unsaturated/α-hetero) is 1. The summed E-state index contributed by atoms with van der Waals surface area (Å²) in [5.74, 6) is 1.69. The van der Waals surface area contributed by atoms with Gasteiger partial charge in [-0.05, 0) is 53.8 Å². The van der Waals surface area contributed by atoms with Gasteiger partial charge in [0.2, 0.25) is 0 Å². The van der Waals surface area contributed by atoms with Crippen LogP contribution in [0.2, 0.25) is 0 Å². The number of benzene rings is 2. The number of hydrogen-bond donors (Lipinski definition) is 0. The van der Waals surface area contributed by atoms with Crippen LogP contribution in [0.4, 0.5) is 0 Å². The molecule has 2 fully saturated rings. The van der Waals surface area contributed by atoms with E-state index in [0.29, 0.717) is 67.6 Å². The van der Waals surface area contributed by atoms with Crippen molar-refractivity contribution in [2.24, 2.45) is 15.4 Å². The van der Waals surface area contributed by atoms with E-state index >= 15 is 0 Å². The number of methoxy groups -OCH3 is 1. The smallest absolute Gasteiger partial charge is 0.272 e. The third kappa shape index (κ3) is 3.84. The first-order valence-corrected chi connectivity index (χ1v) is 13.1. The second-order valence-corrected chi connectivity index (χ2v) is 10.6. The number of hydrogen-bond acceptors (Lipinski definition) is 8. The topological polar surface area (TPSA) is 106 Å². The number of carbonyl (C=O) groups is 2. The van der Waals surface area contributed by atoms with Gasteiger partial charge in [0, 0.05) is 42.9 Å². The molecule has 2 aromatic carbocycles. The van der Waals surface area contributed by atoms with E-state index in [2.05, 4.69) is 21.5 Å². The van der Waals surface area contributed by atoms with Gasteiger partial charge >= 0.3 is 0 Å². The Morgan fingerprint density at radius 3 is 2.71 bits per heavy atom. The Labute approximate surface area is 219 Å². The highest BCUT2D eigenvalue weighted by atomic mass is 16.5. The van der Waals surface area contributed by atoms with Gasteiger partial charge in [-0.15, -0.1) is 5.10 Å². The fraction of sp³-hybridized carbons (Fsp3) is 0.379. The van der Waals surface area contributed by atoms with E-state index in [0.717, 1.165) is 35.0 Å². The number of para-hydroxylation sites is 1. The average molecular weight is 510 g/mol. The molecule has 1 aromatic heterocycles. The molecule has 1 saturated carbocycles. The van der Waals surface area contributed by atoms with Crippen LogP contribution in [-0.2, 0) is 0 Å². The lowest BCUT2D eigenvalue weighted by Gasteiger charge is -2.44. The van der Waals surface area contributed by atoms with Crippen molar-refractivity contribution in [1.29, 1.82) is 0 Å². The molecule has 1 spiro atoms. The Morgan fingerprint density at radius 1 is 1.13 bits per heavy atom. The SMILES string of the molecule is COc1cc(C(=O)N2CCC3(CC2)CC(=O)c2cc(C4=NN=NC4)ccc2O3)nc2c(C3CC3)cccc12. The second kappa shape index (κ2) is 8.72. The van der Waals surface area contributed by atoms with Gasteiger partial charge in [0.25, 0.3) is 5.91 Å². The fourth-order valence-corrected chi connectivity index (χ4v) is 5.84. The van der Waals surface area contributed by atoms with Crippen molar-refractivity contribution >= 4 is 28.3 Å². The lowest BCUT2D eigenvalue weighted by molar-refractivity contribution is -0.00585. The minimum atomic E-state index is -0.606. The molecule has 3 aromatic rings. The molecule has 0 atom stereocenters. The predicted octanol–water partition coefficient (Wildman–Crippen LogP) is 4.93. The summed E-state index contributed by atoms with van der Waals surface area (Å²) >= 11 is 0. The summed E-state index contributed by atoms with van der Waals surface area (Å²) in [6, 6.07) is 13.4. The Bertz CT molecular complexity index is 1550. The summed E-state index contributed by atoms with van der Waals surface area (Å²) in [5.41, 5.74) is 3.99. The summed E-state index contributed by atoms with van der Waals surface area (Å²) in [6.07, 6.45) is 3.75. The van der Waals surface area contributed by atoms with Crippen molar-refractivity contribution in [3.63, 3.8) is 0 Å². The normalized spacial score (nSPS) is 19.9. The molecule has 0 N–H and O–H groups in total. The van der Waals surface area contributed by atoms with E-state index in [1.54, 1.807) is 13.2 Å². The van der Waals surface area contributed by atoms with Crippen LogP contribution in [-0.4, -0.2) is 59.6 Å². The van der Waals surface area contributed by atoms with Gasteiger partial charge in [-0.3, -0.25) is 9.59 Å². The third-order valence-corrected chi connectivity index (χ3v) is 8.12. The summed E-state index contributed by atoms with van der Waals surface area (Å²) < 4.78 is 12.1. The summed E-state index contributed by atoms with van der Waals surface area (Å²) in [4.78, 5) is 33.4. The largest absolute Gasteiger partial charge is 0.496 e. The van der Waals surface area contributed by atoms with E-state index in [4.69, 9.17) is 14.5 Å². The van der Waals surface area contributed by atoms with Gasteiger partial charge in [0.15, 0.2) is 5.78 Å². The lowest BCUT2D eigenvalue weighted by Crippen LogP contribution is -2.52. The molecule has 7 rings (SSSR count). The van der Waals surface area contributed by atoms with Crippen molar-refractivity contribution in [3.8, 4) is 11.5 Å². The minimum Gasteiger partial charge on any atom is -0.496 e. The standard InChI is InChI=1S/C29H27N5O4/c1-37-26-14-22(31-27-19(17-5-6-17)3-2-4-20(26)27)28(36)34-11-9-29(10-12-34)15-24(35)21-13-18(7-8-25(21)38-29)23-16-30-33-32-23/h2-4,7-8,13-14,17H,5-6,9-12,15-16H2,1H3. The number of piperidine rings is 1. The van der Waals surface area contributed by atoms with Crippen LogP contribution in [0.15, 0.2) is 57.9 Å². The molecule has 0 radical (unpaired) electrons. The van der Waals surface area contributed by atoms with Gasteiger partial charge in [-0.25, -0.2) is 4.98 Å². The molecule has 4 heterocycles. The molecular formula is C29H27N5O4. The van der Waals surface area contributed by atoms with Gasteiger partial charge in [0.05, 0.1) is 30.3 Å². The summed E-state index contributed by atoms with van der Waals surface area (Å²) in [6.45, 7) is 1.40. The van der Waals surface area contributed by atoms with Crippen LogP contribution in [0.1, 0.15) is 70.0 Å². The second-order valence-electron chi connectivity index (χ2n) is 10.6. The number of carbonyl (C=O) groups excluding carboxylic acids is 2. The van der Waals surface area contributed by atoms with Crippen LogP contribution in [0.25, 0.3) is 10.9 Å². The van der Waals surface area contributed by atoms with E-state index in [1.165, 1.54) is 5.56 Å². The molecule has 1 saturated heterocycles. The highest BCUT2D eigenvalue weighted by Crippen LogP contribution is 2.44. The summed E-state index contributed by atoms with van der Waals surface area (Å²) in [7, 11) is 1.63. The average Bonchev–Trinajstić information content (AvgIpc) is 3.64. The number of aromatic nitrogens is 1. The van der Waals surface area contributed by atoms with Crippen LogP contribution in [0, 0.1) is 0 Å². The Hall–Kier alpha value is -4.14. The van der Waals surface area contributed by atoms with Crippen LogP contribution >= 0.6 is 0 Å². The van der Waals surface area contributed by atoms with Crippen molar-refractivity contribution in [1.82, 2.24) is 9.88 Å². The summed E-state index contributed by atoms with van der Waals surface area (Å²) in [5, 5.41) is 12.5. The van der Waals surface area contributed by atoms with Crippen molar-refractivity contribution in [2.75, 3.05) is 26.7 Å². The molecule has 9 heteroatoms. The minimum absolute atomic E-state index is 0.0499. The van der Waals surface area contributed by atoms with Crippen molar-refractivity contribution in [3.05, 3.63) is 64.8 Å². The van der Waals surface area contributed by atoms with Gasteiger partial charge in [-0.2, -0.15) is 5.11 Å². The lowest BCUT2D eigenvalue weighted by atomic mass is 9.82. The quantitative estimate of drug-likeness (QED) is 0.496. The molecule has 3 aliphatic heterocycles. The number of pyridine rings is 1. The fourth-order valence-electron chi connectivity index (χ4n) is 5.84. The monoisotopic (exact) mass is 509 g/mol. The predicted molar refractivity (Wildman–Crippen MR) is 140 cm³/mol. The van der Waals surface area contributed by atoms with E-state index in [-0.39, 0.29) is 11.7 Å². The first kappa shape index (κ1) is 23.0. The van der Waals surface area contributed by atoms with Gasteiger partial charge < -0.3 is 14.4 Å². The maximum atomic E-state index is 13.6. The molecule has 1 amide bonds. The van der Waals surface area contributed by atoms with Crippen LogP contribution < -0.4 is 9.47 Å². The molecule has 1 aliphatic carbocycles. The maximum absolute atomic E-state index is 13.6. The van der Waals surface area contributed by atoms with Crippen molar-refractivity contribution < 1.29 is 19.1 Å². The first-order valence-electron chi connectivity index (χ1n) is 13.1. The number of likely N-dealkylation sites (tertiary alicyclic amines) is 1. The molecule has 38 heavy (non-hydrogen) atoms. The Kier molecular flexibility index (Phi) is 5.28. The Morgan fingerprint density at radius 2 is 1.97 bits per heavy atom. The number of amides is 1. The third-order valence-electron chi connectivity index (χ3n) is 8.12. The number of fused-ring (bicyclic) bond motifs is 2. The number of rotatable bonds is 4. The van der Waals surface area contributed by atoms with Crippen molar-refractivity contribution in [2.45, 2.75) is 43.6 Å². The van der Waals surface area contributed by atoms with Crippen LogP contribution in [0.3, 0.4) is 0 Å². The molecule has 9 nitrogen and oxygen atoms in total. The zero-order valence-corrected chi connectivity index (χ0v) is 21.1. The Balaban J connectivity index is 1.10. The molecule has 4 aliphatic rings. The number of ether oxygens (including phenoxy) is 2. The van der Waals surface area contributed by atoms with Crippen LogP contribution in [0.5, 0.6) is 11.5 Å². The first-order chi connectivity index (χ1) is 18.5. The molecule has 0 bridgehead atoms. The number of nitrogens with zero attached hydrogens (tertiary/aromatic N) is 5. The van der Waals surface area contributed by atoms with E-state index in [9.17, 15) is 9.59 Å². The zero-order chi connectivity index (χ0) is 25.9. The van der Waals surface area contributed by atoms with Gasteiger partial charge in [-0.1, -0.05) is 12.1 Å². The maximum Gasteiger partial charge on any atom is 0.272 e. The molecular weight excluding hydrogens is 482 g/mol. The van der Waals surface area contributed by atoms with Gasteiger partial charge in [0.1, 0.15) is 29.3 Å². The zero-order valence-electron chi connectivity index (χ0n) is 21.1. The molecule has 0 unspecified atom stereocenters. The highest BCUT2D eigenvalue weighted by molar-refractivity contribution is 6.07. The van der Waals surface area contributed by atoms with E-state index < -0.39 is 5.60 Å².